The summed E-state index contributed by atoms with van der Waals surface area (Å²) in [6.07, 6.45) is 0.712. The molecule has 0 spiro atoms. The number of rotatable bonds is 6. The van der Waals surface area contributed by atoms with Gasteiger partial charge in [-0.2, -0.15) is 0 Å². The second-order valence-corrected chi connectivity index (χ2v) is 10.9. The molecule has 2 amide bonds. The number of benzene rings is 2. The average Bonchev–Trinajstić information content (AvgIpc) is 3.43. The van der Waals surface area contributed by atoms with E-state index in [1.165, 1.54) is 4.90 Å². The van der Waals surface area contributed by atoms with Crippen molar-refractivity contribution >= 4 is 18.0 Å². The predicted molar refractivity (Wildman–Crippen MR) is 137 cm³/mol. The maximum absolute atomic E-state index is 13.2. The second-order valence-electron chi connectivity index (χ2n) is 10.9. The van der Waals surface area contributed by atoms with Gasteiger partial charge in [-0.1, -0.05) is 62.4 Å². The van der Waals surface area contributed by atoms with Crippen LogP contribution in [0.5, 0.6) is 0 Å². The Morgan fingerprint density at radius 1 is 1.00 bits per heavy atom. The van der Waals surface area contributed by atoms with Crippen molar-refractivity contribution in [2.75, 3.05) is 13.2 Å². The van der Waals surface area contributed by atoms with E-state index in [1.807, 2.05) is 38.1 Å². The van der Waals surface area contributed by atoms with Crippen molar-refractivity contribution in [3.63, 3.8) is 0 Å². The van der Waals surface area contributed by atoms with Crippen LogP contribution in [0.3, 0.4) is 0 Å². The summed E-state index contributed by atoms with van der Waals surface area (Å²) in [5.41, 5.74) is 3.94. The van der Waals surface area contributed by atoms with Gasteiger partial charge in [-0.25, -0.2) is 9.59 Å². The Balaban J connectivity index is 1.42. The lowest BCUT2D eigenvalue weighted by atomic mass is 9.98. The van der Waals surface area contributed by atoms with Crippen LogP contribution in [0.25, 0.3) is 11.1 Å². The standard InChI is InChI=1S/C29H36N2O5/c1-18(2)25(27(33)36-29(3,4)5)30-26(32)24-15-10-16-31(24)28(34)35-17-23-21-13-8-6-11-19(21)20-12-7-9-14-22(20)23/h6-9,11-14,18,23-25H,10,15-17H2,1-5H3,(H,30,32)/t24-,25+/m1/s1. The molecule has 0 radical (unpaired) electrons. The number of esters is 1. The molecule has 4 rings (SSSR count). The van der Waals surface area contributed by atoms with Gasteiger partial charge in [-0.15, -0.1) is 0 Å². The summed E-state index contributed by atoms with van der Waals surface area (Å²) in [5, 5.41) is 2.83. The van der Waals surface area contributed by atoms with Crippen LogP contribution in [0.15, 0.2) is 48.5 Å². The van der Waals surface area contributed by atoms with Crippen molar-refractivity contribution in [2.24, 2.45) is 5.92 Å². The number of carbonyl (C=O) groups is 3. The smallest absolute Gasteiger partial charge is 0.410 e. The van der Waals surface area contributed by atoms with Gasteiger partial charge in [0.2, 0.25) is 5.91 Å². The Kier molecular flexibility index (Phi) is 7.38. The first kappa shape index (κ1) is 25.7. The van der Waals surface area contributed by atoms with Crippen molar-refractivity contribution in [1.29, 1.82) is 0 Å². The second kappa shape index (κ2) is 10.3. The van der Waals surface area contributed by atoms with Gasteiger partial charge in [0.25, 0.3) is 0 Å². The molecule has 0 unspecified atom stereocenters. The molecule has 1 heterocycles. The fourth-order valence-corrected chi connectivity index (χ4v) is 5.05. The molecule has 2 atom stereocenters. The molecule has 0 saturated carbocycles. The van der Waals surface area contributed by atoms with Crippen molar-refractivity contribution < 1.29 is 23.9 Å². The first-order valence-electron chi connectivity index (χ1n) is 12.7. The maximum Gasteiger partial charge on any atom is 0.410 e. The van der Waals surface area contributed by atoms with Gasteiger partial charge in [0.1, 0.15) is 24.3 Å². The maximum atomic E-state index is 13.2. The number of likely N-dealkylation sites (tertiary alicyclic amines) is 1. The van der Waals surface area contributed by atoms with Crippen LogP contribution in [0.2, 0.25) is 0 Å². The first-order chi connectivity index (χ1) is 17.1. The van der Waals surface area contributed by atoms with Crippen LogP contribution in [-0.2, 0) is 19.1 Å². The van der Waals surface area contributed by atoms with E-state index >= 15 is 0 Å². The molecule has 1 N–H and O–H groups in total. The summed E-state index contributed by atoms with van der Waals surface area (Å²) >= 11 is 0. The summed E-state index contributed by atoms with van der Waals surface area (Å²) in [4.78, 5) is 40.4. The molecule has 0 aromatic heterocycles. The molecule has 0 bridgehead atoms. The minimum absolute atomic E-state index is 0.0475. The summed E-state index contributed by atoms with van der Waals surface area (Å²) in [5.74, 6) is -1.04. The zero-order valence-electron chi connectivity index (χ0n) is 21.7. The molecular weight excluding hydrogens is 456 g/mol. The molecule has 1 fully saturated rings. The Hall–Kier alpha value is -3.35. The monoisotopic (exact) mass is 492 g/mol. The fraction of sp³-hybridized carbons (Fsp3) is 0.483. The molecule has 36 heavy (non-hydrogen) atoms. The van der Waals surface area contributed by atoms with E-state index < -0.39 is 29.7 Å². The van der Waals surface area contributed by atoms with E-state index in [9.17, 15) is 14.4 Å². The third-order valence-corrected chi connectivity index (χ3v) is 6.75. The molecule has 1 aliphatic heterocycles. The lowest BCUT2D eigenvalue weighted by molar-refractivity contribution is -0.160. The first-order valence-corrected chi connectivity index (χ1v) is 12.7. The highest BCUT2D eigenvalue weighted by atomic mass is 16.6. The third-order valence-electron chi connectivity index (χ3n) is 6.75. The van der Waals surface area contributed by atoms with Crippen LogP contribution in [0, 0.1) is 5.92 Å². The number of ether oxygens (including phenoxy) is 2. The number of nitrogens with one attached hydrogen (secondary N) is 1. The molecule has 7 heteroatoms. The highest BCUT2D eigenvalue weighted by Gasteiger charge is 2.39. The minimum atomic E-state index is -0.790. The van der Waals surface area contributed by atoms with Crippen LogP contribution in [0.4, 0.5) is 4.79 Å². The predicted octanol–water partition coefficient (Wildman–Crippen LogP) is 4.88. The van der Waals surface area contributed by atoms with Crippen molar-refractivity contribution in [1.82, 2.24) is 10.2 Å². The van der Waals surface area contributed by atoms with E-state index in [1.54, 1.807) is 20.8 Å². The van der Waals surface area contributed by atoms with Gasteiger partial charge in [-0.05, 0) is 61.8 Å². The van der Waals surface area contributed by atoms with Crippen LogP contribution in [-0.4, -0.2) is 53.7 Å². The fourth-order valence-electron chi connectivity index (χ4n) is 5.05. The van der Waals surface area contributed by atoms with Gasteiger partial charge >= 0.3 is 12.1 Å². The highest BCUT2D eigenvalue weighted by Crippen LogP contribution is 2.44. The summed E-state index contributed by atoms with van der Waals surface area (Å²) in [7, 11) is 0. The zero-order valence-corrected chi connectivity index (χ0v) is 21.7. The van der Waals surface area contributed by atoms with E-state index in [2.05, 4.69) is 29.6 Å². The SMILES string of the molecule is CC(C)[C@H](NC(=O)[C@H]1CCCN1C(=O)OCC1c2ccccc2-c2ccccc21)C(=O)OC(C)(C)C. The third kappa shape index (κ3) is 5.40. The normalized spacial score (nSPS) is 17.9. The van der Waals surface area contributed by atoms with Gasteiger partial charge in [0.05, 0.1) is 0 Å². The Labute approximate surface area is 213 Å². The van der Waals surface area contributed by atoms with Gasteiger partial charge in [-0.3, -0.25) is 9.69 Å². The highest BCUT2D eigenvalue weighted by molar-refractivity contribution is 5.90. The number of hydrogen-bond acceptors (Lipinski definition) is 5. The number of nitrogens with zero attached hydrogens (tertiary/aromatic N) is 1. The molecule has 1 aliphatic carbocycles. The molecule has 1 saturated heterocycles. The number of hydrogen-bond donors (Lipinski definition) is 1. The Bertz CT molecular complexity index is 1090. The Morgan fingerprint density at radius 2 is 1.58 bits per heavy atom. The number of amides is 2. The van der Waals surface area contributed by atoms with Crippen LogP contribution in [0.1, 0.15) is 64.5 Å². The van der Waals surface area contributed by atoms with Gasteiger partial charge in [0, 0.05) is 12.5 Å². The minimum Gasteiger partial charge on any atom is -0.458 e. The lowest BCUT2D eigenvalue weighted by Gasteiger charge is -2.29. The van der Waals surface area contributed by atoms with E-state index in [0.29, 0.717) is 19.4 Å². The lowest BCUT2D eigenvalue weighted by Crippen LogP contribution is -2.53. The van der Waals surface area contributed by atoms with E-state index in [0.717, 1.165) is 22.3 Å². The summed E-state index contributed by atoms with van der Waals surface area (Å²) < 4.78 is 11.3. The van der Waals surface area contributed by atoms with Crippen molar-refractivity contribution in [3.05, 3.63) is 59.7 Å². The van der Waals surface area contributed by atoms with Crippen molar-refractivity contribution in [2.45, 2.75) is 71.1 Å². The molecule has 2 aromatic carbocycles. The van der Waals surface area contributed by atoms with E-state index in [4.69, 9.17) is 9.47 Å². The number of fused-ring (bicyclic) bond motifs is 3. The molecule has 2 aromatic rings. The summed E-state index contributed by atoms with van der Waals surface area (Å²) in [6, 6.07) is 14.9. The quantitative estimate of drug-likeness (QED) is 0.581. The number of carbonyl (C=O) groups excluding carboxylic acids is 3. The van der Waals surface area contributed by atoms with Gasteiger partial charge in [0.15, 0.2) is 0 Å². The van der Waals surface area contributed by atoms with Crippen LogP contribution < -0.4 is 5.32 Å². The summed E-state index contributed by atoms with van der Waals surface area (Å²) in [6.45, 7) is 9.72. The Morgan fingerprint density at radius 3 is 2.14 bits per heavy atom. The average molecular weight is 493 g/mol. The van der Waals surface area contributed by atoms with Gasteiger partial charge < -0.3 is 14.8 Å². The zero-order chi connectivity index (χ0) is 26.0. The van der Waals surface area contributed by atoms with Crippen LogP contribution >= 0.6 is 0 Å². The topological polar surface area (TPSA) is 84.9 Å². The van der Waals surface area contributed by atoms with E-state index in [-0.39, 0.29) is 24.3 Å². The molecule has 192 valence electrons. The molecule has 7 nitrogen and oxygen atoms in total. The van der Waals surface area contributed by atoms with Crippen molar-refractivity contribution in [3.8, 4) is 11.1 Å². The molecule has 2 aliphatic rings. The molecular formula is C29H36N2O5. The largest absolute Gasteiger partial charge is 0.458 e.